The Hall–Kier alpha value is -3.92. The summed E-state index contributed by atoms with van der Waals surface area (Å²) < 4.78 is 47.4. The zero-order chi connectivity index (χ0) is 29.3. The second kappa shape index (κ2) is 13.9. The van der Waals surface area contributed by atoms with Gasteiger partial charge in [0.15, 0.2) is 0 Å². The van der Waals surface area contributed by atoms with Gasteiger partial charge in [0.25, 0.3) is 10.0 Å². The van der Waals surface area contributed by atoms with Gasteiger partial charge < -0.3 is 15.0 Å². The monoisotopic (exact) mass is 569 g/mol. The topological polar surface area (TPSA) is 96.0 Å². The first-order valence-electron chi connectivity index (χ1n) is 13.1. The average Bonchev–Trinajstić information content (AvgIpc) is 2.94. The van der Waals surface area contributed by atoms with Crippen LogP contribution in [-0.2, 0) is 26.2 Å². The number of amides is 2. The zero-order valence-electron chi connectivity index (χ0n) is 23.3. The van der Waals surface area contributed by atoms with Gasteiger partial charge in [0.2, 0.25) is 11.8 Å². The highest BCUT2D eigenvalue weighted by atomic mass is 32.2. The number of carbonyl (C=O) groups is 2. The van der Waals surface area contributed by atoms with Crippen molar-refractivity contribution in [3.63, 3.8) is 0 Å². The second-order valence-electron chi connectivity index (χ2n) is 9.49. The van der Waals surface area contributed by atoms with Crippen LogP contribution >= 0.6 is 0 Å². The van der Waals surface area contributed by atoms with Gasteiger partial charge in [-0.25, -0.2) is 12.8 Å². The number of hydrogen-bond acceptors (Lipinski definition) is 5. The Morgan fingerprint density at radius 2 is 1.70 bits per heavy atom. The van der Waals surface area contributed by atoms with Crippen molar-refractivity contribution in [2.75, 3.05) is 24.5 Å². The van der Waals surface area contributed by atoms with Gasteiger partial charge in [0.05, 0.1) is 17.7 Å². The van der Waals surface area contributed by atoms with Crippen LogP contribution in [0.3, 0.4) is 0 Å². The van der Waals surface area contributed by atoms with Crippen molar-refractivity contribution >= 4 is 27.5 Å². The fourth-order valence-corrected chi connectivity index (χ4v) is 5.55. The van der Waals surface area contributed by atoms with E-state index in [1.54, 1.807) is 6.92 Å². The number of aryl methyl sites for hydroxylation is 1. The molecule has 0 aliphatic rings. The number of methoxy groups -OCH3 is 1. The van der Waals surface area contributed by atoms with Crippen LogP contribution in [0.25, 0.3) is 0 Å². The van der Waals surface area contributed by atoms with Crippen molar-refractivity contribution in [3.8, 4) is 5.75 Å². The van der Waals surface area contributed by atoms with Crippen molar-refractivity contribution in [3.05, 3.63) is 89.7 Å². The maximum atomic E-state index is 13.9. The molecule has 0 bridgehead atoms. The van der Waals surface area contributed by atoms with Crippen molar-refractivity contribution in [2.45, 2.75) is 51.1 Å². The quantitative estimate of drug-likeness (QED) is 0.302. The minimum absolute atomic E-state index is 0.0685. The van der Waals surface area contributed by atoms with E-state index < -0.39 is 34.3 Å². The molecule has 0 aliphatic carbocycles. The van der Waals surface area contributed by atoms with Crippen molar-refractivity contribution < 1.29 is 27.1 Å². The third-order valence-electron chi connectivity index (χ3n) is 6.47. The first-order chi connectivity index (χ1) is 19.1. The summed E-state index contributed by atoms with van der Waals surface area (Å²) in [6, 6.07) is 17.3. The van der Waals surface area contributed by atoms with E-state index in [0.717, 1.165) is 40.4 Å². The Kier molecular flexibility index (Phi) is 10.7. The molecule has 40 heavy (non-hydrogen) atoms. The predicted molar refractivity (Wildman–Crippen MR) is 153 cm³/mol. The molecule has 0 fully saturated rings. The summed E-state index contributed by atoms with van der Waals surface area (Å²) in [5, 5.41) is 2.86. The van der Waals surface area contributed by atoms with E-state index in [0.29, 0.717) is 12.3 Å². The van der Waals surface area contributed by atoms with Gasteiger partial charge >= 0.3 is 0 Å². The summed E-state index contributed by atoms with van der Waals surface area (Å²) in [6.45, 7) is 5.53. The minimum Gasteiger partial charge on any atom is -0.497 e. The van der Waals surface area contributed by atoms with E-state index in [1.165, 1.54) is 48.4 Å². The Morgan fingerprint density at radius 1 is 1.02 bits per heavy atom. The van der Waals surface area contributed by atoms with Gasteiger partial charge in [-0.05, 0) is 74.4 Å². The fourth-order valence-electron chi connectivity index (χ4n) is 4.14. The first-order valence-corrected chi connectivity index (χ1v) is 14.6. The molecular weight excluding hydrogens is 533 g/mol. The number of anilines is 1. The van der Waals surface area contributed by atoms with Crippen LogP contribution in [0.15, 0.2) is 77.7 Å². The molecule has 0 heterocycles. The summed E-state index contributed by atoms with van der Waals surface area (Å²) in [5.74, 6) is -0.993. The van der Waals surface area contributed by atoms with Crippen molar-refractivity contribution in [1.82, 2.24) is 10.2 Å². The summed E-state index contributed by atoms with van der Waals surface area (Å²) in [4.78, 5) is 28.2. The number of halogens is 1. The Bertz CT molecular complexity index is 1400. The molecule has 0 saturated carbocycles. The standard InChI is InChI=1S/C30H36FN3O5S/c1-5-6-18-32-30(36)23(3)33(20-24-9-7-8-22(2)19-24)29(35)21-34(26-12-10-25(31)11-13-26)40(37,38)28-16-14-27(39-4)15-17-28/h7-17,19,23H,5-6,18,20-21H2,1-4H3,(H,32,36)/t23-/m1/s1. The van der Waals surface area contributed by atoms with Crippen LogP contribution in [0, 0.1) is 12.7 Å². The lowest BCUT2D eigenvalue weighted by Gasteiger charge is -2.32. The lowest BCUT2D eigenvalue weighted by molar-refractivity contribution is -0.139. The van der Waals surface area contributed by atoms with Crippen LogP contribution < -0.4 is 14.4 Å². The molecule has 0 radical (unpaired) electrons. The highest BCUT2D eigenvalue weighted by molar-refractivity contribution is 7.92. The van der Waals surface area contributed by atoms with Crippen LogP contribution in [0.5, 0.6) is 5.75 Å². The van der Waals surface area contributed by atoms with Gasteiger partial charge in [0.1, 0.15) is 24.2 Å². The van der Waals surface area contributed by atoms with Gasteiger partial charge in [-0.1, -0.05) is 43.2 Å². The van der Waals surface area contributed by atoms with E-state index in [4.69, 9.17) is 4.74 Å². The molecule has 3 aromatic rings. The van der Waals surface area contributed by atoms with E-state index >= 15 is 0 Å². The molecule has 0 aliphatic heterocycles. The maximum Gasteiger partial charge on any atom is 0.264 e. The number of unbranched alkanes of at least 4 members (excludes halogenated alkanes) is 1. The first kappa shape index (κ1) is 30.6. The highest BCUT2D eigenvalue weighted by Crippen LogP contribution is 2.26. The average molecular weight is 570 g/mol. The molecule has 0 unspecified atom stereocenters. The second-order valence-corrected chi connectivity index (χ2v) is 11.4. The molecule has 0 aromatic heterocycles. The van der Waals surface area contributed by atoms with Crippen LogP contribution in [0.1, 0.15) is 37.8 Å². The van der Waals surface area contributed by atoms with E-state index in [9.17, 15) is 22.4 Å². The van der Waals surface area contributed by atoms with Crippen molar-refractivity contribution in [2.24, 2.45) is 0 Å². The maximum absolute atomic E-state index is 13.9. The molecule has 8 nitrogen and oxygen atoms in total. The molecule has 1 atom stereocenters. The molecule has 2 amide bonds. The Balaban J connectivity index is 2.00. The van der Waals surface area contributed by atoms with Gasteiger partial charge in [-0.3, -0.25) is 13.9 Å². The fraction of sp³-hybridized carbons (Fsp3) is 0.333. The van der Waals surface area contributed by atoms with Gasteiger partial charge in [-0.2, -0.15) is 0 Å². The lowest BCUT2D eigenvalue weighted by atomic mass is 10.1. The largest absolute Gasteiger partial charge is 0.497 e. The van der Waals surface area contributed by atoms with E-state index in [1.807, 2.05) is 38.1 Å². The third-order valence-corrected chi connectivity index (χ3v) is 8.26. The normalized spacial score (nSPS) is 11.9. The summed E-state index contributed by atoms with van der Waals surface area (Å²) in [7, 11) is -2.79. The molecule has 3 rings (SSSR count). The number of nitrogens with one attached hydrogen (secondary N) is 1. The molecular formula is C30H36FN3O5S. The predicted octanol–water partition coefficient (Wildman–Crippen LogP) is 4.67. The van der Waals surface area contributed by atoms with Gasteiger partial charge in [0, 0.05) is 13.1 Å². The highest BCUT2D eigenvalue weighted by Gasteiger charge is 2.32. The SMILES string of the molecule is CCCCNC(=O)[C@@H](C)N(Cc1cccc(C)c1)C(=O)CN(c1ccc(F)cc1)S(=O)(=O)c1ccc(OC)cc1. The van der Waals surface area contributed by atoms with E-state index in [2.05, 4.69) is 5.32 Å². The van der Waals surface area contributed by atoms with Gasteiger partial charge in [-0.15, -0.1) is 0 Å². The number of nitrogens with zero attached hydrogens (tertiary/aromatic N) is 2. The Morgan fingerprint density at radius 3 is 2.30 bits per heavy atom. The third kappa shape index (κ3) is 7.81. The number of sulfonamides is 1. The number of benzene rings is 3. The molecule has 0 saturated heterocycles. The zero-order valence-corrected chi connectivity index (χ0v) is 24.1. The lowest BCUT2D eigenvalue weighted by Crippen LogP contribution is -2.51. The van der Waals surface area contributed by atoms with Crippen LogP contribution in [0.2, 0.25) is 0 Å². The minimum atomic E-state index is -4.26. The smallest absolute Gasteiger partial charge is 0.264 e. The summed E-state index contributed by atoms with van der Waals surface area (Å²) in [6.07, 6.45) is 1.69. The molecule has 214 valence electrons. The number of ether oxygens (including phenoxy) is 1. The Labute approximate surface area is 235 Å². The van der Waals surface area contributed by atoms with Crippen LogP contribution in [-0.4, -0.2) is 51.4 Å². The number of carbonyl (C=O) groups excluding carboxylic acids is 2. The van der Waals surface area contributed by atoms with Crippen molar-refractivity contribution in [1.29, 1.82) is 0 Å². The summed E-state index contributed by atoms with van der Waals surface area (Å²) in [5.41, 5.74) is 1.90. The van der Waals surface area contributed by atoms with E-state index in [-0.39, 0.29) is 23.0 Å². The summed E-state index contributed by atoms with van der Waals surface area (Å²) >= 11 is 0. The number of hydrogen-bond donors (Lipinski definition) is 1. The molecule has 10 heteroatoms. The van der Waals surface area contributed by atoms with Crippen LogP contribution in [0.4, 0.5) is 10.1 Å². The number of rotatable bonds is 13. The molecule has 3 aromatic carbocycles. The molecule has 1 N–H and O–H groups in total. The molecule has 0 spiro atoms.